The maximum Gasteiger partial charge on any atom is 0.433 e. The molecule has 0 aliphatic heterocycles. The van der Waals surface area contributed by atoms with E-state index < -0.39 is 24.3 Å². The molecule has 0 aliphatic carbocycles. The van der Waals surface area contributed by atoms with E-state index in [-0.39, 0.29) is 16.8 Å². The number of nitrogens with zero attached hydrogens (tertiary/aromatic N) is 1. The summed E-state index contributed by atoms with van der Waals surface area (Å²) in [7, 11) is 0. The number of halogens is 4. The zero-order chi connectivity index (χ0) is 14.0. The van der Waals surface area contributed by atoms with Gasteiger partial charge >= 0.3 is 6.18 Å². The summed E-state index contributed by atoms with van der Waals surface area (Å²) in [6, 6.07) is 7.20. The molecule has 100 valence electrons. The summed E-state index contributed by atoms with van der Waals surface area (Å²) < 4.78 is 51.4. The van der Waals surface area contributed by atoms with Crippen LogP contribution in [0.2, 0.25) is 0 Å². The molecule has 0 saturated carbocycles. The van der Waals surface area contributed by atoms with Crippen molar-refractivity contribution in [1.82, 2.24) is 4.98 Å². The molecule has 6 heteroatoms. The van der Waals surface area contributed by atoms with Crippen LogP contribution < -0.4 is 0 Å². The molecular formula is C13H9F4NO. The fraction of sp³-hybridized carbons (Fsp3) is 0.154. The van der Waals surface area contributed by atoms with Crippen molar-refractivity contribution in [3.05, 3.63) is 53.5 Å². The Morgan fingerprint density at radius 1 is 1.05 bits per heavy atom. The Bertz CT molecular complexity index is 595. The van der Waals surface area contributed by atoms with Gasteiger partial charge in [-0.05, 0) is 18.2 Å². The summed E-state index contributed by atoms with van der Waals surface area (Å²) in [5, 5.41) is 9.12. The van der Waals surface area contributed by atoms with Gasteiger partial charge in [-0.2, -0.15) is 13.2 Å². The third-order valence-corrected chi connectivity index (χ3v) is 2.57. The zero-order valence-corrected chi connectivity index (χ0v) is 9.58. The molecule has 2 rings (SSSR count). The third kappa shape index (κ3) is 2.73. The SMILES string of the molecule is OCc1ccc(C(F)(F)F)nc1-c1ccccc1F. The smallest absolute Gasteiger partial charge is 0.392 e. The van der Waals surface area contributed by atoms with Crippen LogP contribution in [0.15, 0.2) is 36.4 Å². The van der Waals surface area contributed by atoms with Crippen LogP contribution in [0.25, 0.3) is 11.3 Å². The minimum absolute atomic E-state index is 0.0716. The Morgan fingerprint density at radius 3 is 2.32 bits per heavy atom. The highest BCUT2D eigenvalue weighted by Gasteiger charge is 2.33. The molecule has 0 radical (unpaired) electrons. The quantitative estimate of drug-likeness (QED) is 0.849. The van der Waals surface area contributed by atoms with Crippen LogP contribution in [-0.2, 0) is 12.8 Å². The van der Waals surface area contributed by atoms with Crippen molar-refractivity contribution < 1.29 is 22.7 Å². The highest BCUT2D eigenvalue weighted by atomic mass is 19.4. The van der Waals surface area contributed by atoms with Gasteiger partial charge in [0.05, 0.1) is 12.3 Å². The number of hydrogen-bond donors (Lipinski definition) is 1. The van der Waals surface area contributed by atoms with E-state index in [1.165, 1.54) is 18.2 Å². The minimum atomic E-state index is -4.62. The molecule has 0 unspecified atom stereocenters. The highest BCUT2D eigenvalue weighted by Crippen LogP contribution is 2.32. The normalized spacial score (nSPS) is 11.6. The van der Waals surface area contributed by atoms with Gasteiger partial charge in [-0.15, -0.1) is 0 Å². The molecular weight excluding hydrogens is 262 g/mol. The van der Waals surface area contributed by atoms with Gasteiger partial charge in [-0.1, -0.05) is 18.2 Å². The minimum Gasteiger partial charge on any atom is -0.392 e. The van der Waals surface area contributed by atoms with Gasteiger partial charge in [0.25, 0.3) is 0 Å². The van der Waals surface area contributed by atoms with E-state index in [9.17, 15) is 17.6 Å². The number of aliphatic hydroxyl groups excluding tert-OH is 1. The first kappa shape index (κ1) is 13.5. The summed E-state index contributed by atoms with van der Waals surface area (Å²) in [6.07, 6.45) is -4.62. The molecule has 0 fully saturated rings. The lowest BCUT2D eigenvalue weighted by Crippen LogP contribution is -2.10. The van der Waals surface area contributed by atoms with Crippen LogP contribution in [0.5, 0.6) is 0 Å². The van der Waals surface area contributed by atoms with Gasteiger partial charge in [0.1, 0.15) is 11.5 Å². The van der Waals surface area contributed by atoms with Crippen molar-refractivity contribution in [3.63, 3.8) is 0 Å². The first-order chi connectivity index (χ1) is 8.93. The first-order valence-corrected chi connectivity index (χ1v) is 5.36. The number of aromatic nitrogens is 1. The van der Waals surface area contributed by atoms with E-state index in [1.807, 2.05) is 0 Å². The summed E-state index contributed by atoms with van der Waals surface area (Å²) in [6.45, 7) is -0.519. The first-order valence-electron chi connectivity index (χ1n) is 5.36. The number of alkyl halides is 3. The van der Waals surface area contributed by atoms with Crippen molar-refractivity contribution in [2.45, 2.75) is 12.8 Å². The Morgan fingerprint density at radius 2 is 1.74 bits per heavy atom. The van der Waals surface area contributed by atoms with E-state index >= 15 is 0 Å². The van der Waals surface area contributed by atoms with E-state index in [0.29, 0.717) is 0 Å². The maximum atomic E-state index is 13.6. The average molecular weight is 271 g/mol. The van der Waals surface area contributed by atoms with Gasteiger partial charge in [0.15, 0.2) is 0 Å². The molecule has 0 spiro atoms. The van der Waals surface area contributed by atoms with Crippen LogP contribution >= 0.6 is 0 Å². The van der Waals surface area contributed by atoms with E-state index in [0.717, 1.165) is 18.2 Å². The second-order valence-corrected chi connectivity index (χ2v) is 3.84. The molecule has 0 saturated heterocycles. The van der Waals surface area contributed by atoms with Crippen LogP contribution in [0.4, 0.5) is 17.6 Å². The predicted octanol–water partition coefficient (Wildman–Crippen LogP) is 3.40. The number of rotatable bonds is 2. The second-order valence-electron chi connectivity index (χ2n) is 3.84. The van der Waals surface area contributed by atoms with Crippen molar-refractivity contribution >= 4 is 0 Å². The van der Waals surface area contributed by atoms with Gasteiger partial charge in [0, 0.05) is 11.1 Å². The molecule has 1 heterocycles. The molecule has 1 N–H and O–H groups in total. The summed E-state index contributed by atoms with van der Waals surface area (Å²) >= 11 is 0. The van der Waals surface area contributed by atoms with Crippen LogP contribution in [0.1, 0.15) is 11.3 Å². The fourth-order valence-electron chi connectivity index (χ4n) is 1.66. The second kappa shape index (κ2) is 4.97. The summed E-state index contributed by atoms with van der Waals surface area (Å²) in [4.78, 5) is 3.42. The molecule has 19 heavy (non-hydrogen) atoms. The van der Waals surface area contributed by atoms with Crippen LogP contribution in [-0.4, -0.2) is 10.1 Å². The standard InChI is InChI=1S/C13H9F4NO/c14-10-4-2-1-3-9(10)12-8(7-19)5-6-11(18-12)13(15,16)17/h1-6,19H,7H2. The molecule has 2 aromatic rings. The molecule has 1 aromatic carbocycles. The lowest BCUT2D eigenvalue weighted by atomic mass is 10.0. The molecule has 0 atom stereocenters. The van der Waals surface area contributed by atoms with E-state index in [2.05, 4.69) is 4.98 Å². The molecule has 0 bridgehead atoms. The lowest BCUT2D eigenvalue weighted by Gasteiger charge is -2.12. The Labute approximate surface area is 106 Å². The predicted molar refractivity (Wildman–Crippen MR) is 60.6 cm³/mol. The zero-order valence-electron chi connectivity index (χ0n) is 9.58. The average Bonchev–Trinajstić information content (AvgIpc) is 2.37. The van der Waals surface area contributed by atoms with Gasteiger partial charge in [-0.25, -0.2) is 9.37 Å². The fourth-order valence-corrected chi connectivity index (χ4v) is 1.66. The number of benzene rings is 1. The molecule has 2 nitrogen and oxygen atoms in total. The third-order valence-electron chi connectivity index (χ3n) is 2.57. The highest BCUT2D eigenvalue weighted by molar-refractivity contribution is 5.64. The number of hydrogen-bond acceptors (Lipinski definition) is 2. The monoisotopic (exact) mass is 271 g/mol. The topological polar surface area (TPSA) is 33.1 Å². The molecule has 0 aliphatic rings. The maximum absolute atomic E-state index is 13.6. The van der Waals surface area contributed by atoms with Crippen LogP contribution in [0.3, 0.4) is 0 Å². The Kier molecular flexibility index (Phi) is 3.53. The number of aliphatic hydroxyl groups is 1. The van der Waals surface area contributed by atoms with Crippen LogP contribution in [0, 0.1) is 5.82 Å². The molecule has 0 amide bonds. The Hall–Kier alpha value is -1.95. The molecule has 1 aromatic heterocycles. The summed E-state index contributed by atoms with van der Waals surface area (Å²) in [5.74, 6) is -0.691. The largest absolute Gasteiger partial charge is 0.433 e. The Balaban J connectivity index is 2.64. The van der Waals surface area contributed by atoms with Gasteiger partial charge in [-0.3, -0.25) is 0 Å². The van der Waals surface area contributed by atoms with Crippen molar-refractivity contribution in [2.24, 2.45) is 0 Å². The summed E-state index contributed by atoms with van der Waals surface area (Å²) in [5.41, 5.74) is -1.26. The van der Waals surface area contributed by atoms with Crippen molar-refractivity contribution in [3.8, 4) is 11.3 Å². The van der Waals surface area contributed by atoms with Gasteiger partial charge < -0.3 is 5.11 Å². The van der Waals surface area contributed by atoms with Crippen molar-refractivity contribution in [2.75, 3.05) is 0 Å². The van der Waals surface area contributed by atoms with E-state index in [4.69, 9.17) is 5.11 Å². The lowest BCUT2D eigenvalue weighted by molar-refractivity contribution is -0.141. The van der Waals surface area contributed by atoms with Gasteiger partial charge in [0.2, 0.25) is 0 Å². The van der Waals surface area contributed by atoms with E-state index in [1.54, 1.807) is 0 Å². The van der Waals surface area contributed by atoms with Crippen molar-refractivity contribution in [1.29, 1.82) is 0 Å². The number of pyridine rings is 1.